The summed E-state index contributed by atoms with van der Waals surface area (Å²) in [6.45, 7) is 4.92. The molecule has 0 aliphatic carbocycles. The number of nitrogens with zero attached hydrogens (tertiary/aromatic N) is 7. The summed E-state index contributed by atoms with van der Waals surface area (Å²) in [6, 6.07) is 4.37. The minimum absolute atomic E-state index is 0.0937. The maximum absolute atomic E-state index is 13.2. The van der Waals surface area contributed by atoms with Crippen molar-refractivity contribution in [2.24, 2.45) is 5.92 Å². The van der Waals surface area contributed by atoms with E-state index >= 15 is 0 Å². The Hall–Kier alpha value is -3.50. The quantitative estimate of drug-likeness (QED) is 0.502. The number of rotatable bonds is 7. The first-order chi connectivity index (χ1) is 15.9. The number of benzene rings is 1. The zero-order chi connectivity index (χ0) is 23.4. The van der Waals surface area contributed by atoms with Gasteiger partial charge in [0, 0.05) is 38.1 Å². The molecule has 9 nitrogen and oxygen atoms in total. The predicted octanol–water partition coefficient (Wildman–Crippen LogP) is 3.15. The third kappa shape index (κ3) is 5.85. The number of piperidine rings is 1. The Balaban J connectivity index is 1.40. The predicted molar refractivity (Wildman–Crippen MR) is 114 cm³/mol. The number of aryl methyl sites for hydroxylation is 2. The molecule has 0 radical (unpaired) electrons. The van der Waals surface area contributed by atoms with Crippen LogP contribution in [0.4, 0.5) is 8.78 Å². The number of amides is 1. The Kier molecular flexibility index (Phi) is 6.85. The molecule has 33 heavy (non-hydrogen) atoms. The van der Waals surface area contributed by atoms with Crippen molar-refractivity contribution in [2.45, 2.75) is 46.1 Å². The Morgan fingerprint density at radius 2 is 2.00 bits per heavy atom. The molecule has 0 bridgehead atoms. The molecule has 174 valence electrons. The number of carbonyl (C=O) groups is 1. The third-order valence-corrected chi connectivity index (χ3v) is 5.65. The molecule has 1 amide bonds. The van der Waals surface area contributed by atoms with E-state index in [1.807, 2.05) is 0 Å². The summed E-state index contributed by atoms with van der Waals surface area (Å²) in [6.07, 6.45) is 2.98. The van der Waals surface area contributed by atoms with E-state index in [1.54, 1.807) is 30.9 Å². The molecule has 2 aromatic heterocycles. The van der Waals surface area contributed by atoms with E-state index in [0.717, 1.165) is 12.8 Å². The second kappa shape index (κ2) is 9.97. The summed E-state index contributed by atoms with van der Waals surface area (Å²) in [5.74, 6) is 1.96. The number of likely N-dealkylation sites (tertiary alicyclic amines) is 1. The van der Waals surface area contributed by atoms with Gasteiger partial charge in [-0.15, -0.1) is 20.4 Å². The summed E-state index contributed by atoms with van der Waals surface area (Å²) in [7, 11) is 0. The largest absolute Gasteiger partial charge is 0.426 e. The molecule has 0 atom stereocenters. The number of hydrogen-bond donors (Lipinski definition) is 0. The maximum Gasteiger partial charge on any atom is 0.263 e. The summed E-state index contributed by atoms with van der Waals surface area (Å²) in [4.78, 5) is 15.9. The van der Waals surface area contributed by atoms with E-state index in [-0.39, 0.29) is 18.0 Å². The summed E-state index contributed by atoms with van der Waals surface area (Å²) < 4.78 is 31.9. The molecule has 1 saturated heterocycles. The summed E-state index contributed by atoms with van der Waals surface area (Å²) in [5, 5.41) is 19.7. The van der Waals surface area contributed by atoms with Gasteiger partial charge in [-0.1, -0.05) is 12.1 Å². The van der Waals surface area contributed by atoms with Gasteiger partial charge in [-0.2, -0.15) is 4.80 Å². The second-order valence-electron chi connectivity index (χ2n) is 8.15. The van der Waals surface area contributed by atoms with E-state index in [1.165, 1.54) is 23.0 Å². The number of tetrazole rings is 1. The van der Waals surface area contributed by atoms with Crippen LogP contribution in [0.5, 0.6) is 0 Å². The molecular formula is C22H25F2N7O2. The van der Waals surface area contributed by atoms with Gasteiger partial charge >= 0.3 is 0 Å². The van der Waals surface area contributed by atoms with Crippen molar-refractivity contribution >= 4 is 12.0 Å². The van der Waals surface area contributed by atoms with Crippen molar-refractivity contribution in [1.29, 1.82) is 0 Å². The molecule has 0 saturated carbocycles. The number of carbonyl (C=O) groups excluding carboxylic acids is 1. The standard InChI is InChI=1S/C22H25F2N7O2/c1-14-25-29-31(28-14)13-19-12-18(22(23)24)4-3-17(19)5-6-21(32)30-9-7-16(8-10-30)11-20-27-26-15(2)33-20/h3-6,12,16,22H,7-11,13H2,1-2H3. The topological polar surface area (TPSA) is 103 Å². The summed E-state index contributed by atoms with van der Waals surface area (Å²) in [5.41, 5.74) is 1.15. The average molecular weight is 457 g/mol. The molecule has 1 aromatic carbocycles. The van der Waals surface area contributed by atoms with Gasteiger partial charge in [0.1, 0.15) is 0 Å². The lowest BCUT2D eigenvalue weighted by Gasteiger charge is -2.30. The molecule has 0 unspecified atom stereocenters. The van der Waals surface area contributed by atoms with E-state index in [4.69, 9.17) is 4.42 Å². The number of hydrogen-bond acceptors (Lipinski definition) is 7. The van der Waals surface area contributed by atoms with Crippen molar-refractivity contribution in [3.05, 3.63) is 58.6 Å². The lowest BCUT2D eigenvalue weighted by atomic mass is 9.93. The molecule has 1 aliphatic rings. The lowest BCUT2D eigenvalue weighted by molar-refractivity contribution is -0.127. The number of halogens is 2. The fourth-order valence-corrected chi connectivity index (χ4v) is 3.89. The van der Waals surface area contributed by atoms with E-state index in [9.17, 15) is 13.6 Å². The van der Waals surface area contributed by atoms with Gasteiger partial charge in [-0.25, -0.2) is 8.78 Å². The first-order valence-corrected chi connectivity index (χ1v) is 10.8. The van der Waals surface area contributed by atoms with E-state index in [0.29, 0.717) is 54.2 Å². The molecular weight excluding hydrogens is 432 g/mol. The lowest BCUT2D eigenvalue weighted by Crippen LogP contribution is -2.38. The fraction of sp³-hybridized carbons (Fsp3) is 0.455. The normalized spacial score (nSPS) is 15.1. The van der Waals surface area contributed by atoms with Gasteiger partial charge in [-0.05, 0) is 54.2 Å². The van der Waals surface area contributed by atoms with Crippen LogP contribution in [-0.4, -0.2) is 54.3 Å². The number of aromatic nitrogens is 6. The van der Waals surface area contributed by atoms with E-state index < -0.39 is 6.43 Å². The van der Waals surface area contributed by atoms with Crippen molar-refractivity contribution in [3.63, 3.8) is 0 Å². The van der Waals surface area contributed by atoms with Gasteiger partial charge in [0.15, 0.2) is 5.82 Å². The zero-order valence-electron chi connectivity index (χ0n) is 18.5. The van der Waals surface area contributed by atoms with Crippen molar-refractivity contribution in [1.82, 2.24) is 35.3 Å². The van der Waals surface area contributed by atoms with Crippen molar-refractivity contribution in [2.75, 3.05) is 13.1 Å². The molecule has 3 aromatic rings. The van der Waals surface area contributed by atoms with Crippen LogP contribution in [-0.2, 0) is 17.8 Å². The molecule has 4 rings (SSSR count). The van der Waals surface area contributed by atoms with Crippen LogP contribution in [0.15, 0.2) is 28.7 Å². The highest BCUT2D eigenvalue weighted by atomic mass is 19.3. The van der Waals surface area contributed by atoms with Crippen LogP contribution in [0, 0.1) is 19.8 Å². The van der Waals surface area contributed by atoms with Gasteiger partial charge < -0.3 is 9.32 Å². The molecule has 1 fully saturated rings. The molecule has 0 N–H and O–H groups in total. The smallest absolute Gasteiger partial charge is 0.263 e. The first kappa shape index (κ1) is 22.7. The Bertz CT molecular complexity index is 1130. The van der Waals surface area contributed by atoms with Crippen LogP contribution >= 0.6 is 0 Å². The highest BCUT2D eigenvalue weighted by Crippen LogP contribution is 2.24. The minimum atomic E-state index is -2.59. The average Bonchev–Trinajstić information content (AvgIpc) is 3.40. The van der Waals surface area contributed by atoms with Gasteiger partial charge in [0.25, 0.3) is 6.43 Å². The van der Waals surface area contributed by atoms with Crippen LogP contribution < -0.4 is 0 Å². The third-order valence-electron chi connectivity index (χ3n) is 5.65. The van der Waals surface area contributed by atoms with Crippen molar-refractivity contribution < 1.29 is 18.0 Å². The maximum atomic E-state index is 13.2. The SMILES string of the molecule is Cc1nnn(Cc2cc(C(F)F)ccc2C=CC(=O)N2CCC(Cc3nnc(C)o3)CC2)n1. The fourth-order valence-electron chi connectivity index (χ4n) is 3.89. The van der Waals surface area contributed by atoms with Gasteiger partial charge in [-0.3, -0.25) is 4.79 Å². The minimum Gasteiger partial charge on any atom is -0.426 e. The Morgan fingerprint density at radius 1 is 1.21 bits per heavy atom. The monoisotopic (exact) mass is 457 g/mol. The highest BCUT2D eigenvalue weighted by molar-refractivity contribution is 5.92. The van der Waals surface area contributed by atoms with Crippen LogP contribution in [0.2, 0.25) is 0 Å². The zero-order valence-corrected chi connectivity index (χ0v) is 18.5. The van der Waals surface area contributed by atoms with Gasteiger partial charge in [0.2, 0.25) is 17.7 Å². The highest BCUT2D eigenvalue weighted by Gasteiger charge is 2.23. The van der Waals surface area contributed by atoms with Crippen LogP contribution in [0.25, 0.3) is 6.08 Å². The summed E-state index contributed by atoms with van der Waals surface area (Å²) >= 11 is 0. The molecule has 0 spiro atoms. The van der Waals surface area contributed by atoms with Crippen LogP contribution in [0.1, 0.15) is 53.6 Å². The Morgan fingerprint density at radius 3 is 2.64 bits per heavy atom. The Labute approximate surface area is 189 Å². The molecule has 1 aliphatic heterocycles. The van der Waals surface area contributed by atoms with Gasteiger partial charge in [0.05, 0.1) is 6.54 Å². The van der Waals surface area contributed by atoms with Crippen LogP contribution in [0.3, 0.4) is 0 Å². The molecule has 3 heterocycles. The second-order valence-corrected chi connectivity index (χ2v) is 8.15. The number of alkyl halides is 2. The first-order valence-electron chi connectivity index (χ1n) is 10.8. The molecule has 11 heteroatoms. The van der Waals surface area contributed by atoms with E-state index in [2.05, 4.69) is 25.6 Å². The van der Waals surface area contributed by atoms with Crippen molar-refractivity contribution in [3.8, 4) is 0 Å².